The summed E-state index contributed by atoms with van der Waals surface area (Å²) in [6.07, 6.45) is 1.75. The normalized spacial score (nSPS) is 14.8. The Morgan fingerprint density at radius 1 is 1.13 bits per heavy atom. The highest BCUT2D eigenvalue weighted by atomic mass is 127. The van der Waals surface area contributed by atoms with Crippen LogP contribution in [0.2, 0.25) is 0 Å². The van der Waals surface area contributed by atoms with Crippen molar-refractivity contribution < 1.29 is 9.47 Å². The average Bonchev–Trinajstić information content (AvgIpc) is 3.24. The van der Waals surface area contributed by atoms with Gasteiger partial charge < -0.3 is 24.3 Å². The maximum absolute atomic E-state index is 5.53. The molecule has 3 rings (SSSR count). The predicted molar refractivity (Wildman–Crippen MR) is 132 cm³/mol. The zero-order valence-corrected chi connectivity index (χ0v) is 21.2. The summed E-state index contributed by atoms with van der Waals surface area (Å²) in [7, 11) is 3.40. The first-order chi connectivity index (χ1) is 14.7. The van der Waals surface area contributed by atoms with Gasteiger partial charge in [-0.2, -0.15) is 0 Å². The number of aromatic nitrogens is 3. The Bertz CT molecular complexity index is 835. The van der Waals surface area contributed by atoms with Crippen LogP contribution in [0.15, 0.2) is 29.5 Å². The van der Waals surface area contributed by atoms with E-state index in [4.69, 9.17) is 14.5 Å². The fourth-order valence-corrected chi connectivity index (χ4v) is 3.60. The minimum absolute atomic E-state index is 0. The van der Waals surface area contributed by atoms with Crippen molar-refractivity contribution in [2.75, 3.05) is 46.9 Å². The van der Waals surface area contributed by atoms with E-state index in [1.165, 1.54) is 0 Å². The van der Waals surface area contributed by atoms with Crippen molar-refractivity contribution in [2.45, 2.75) is 33.5 Å². The Labute approximate surface area is 201 Å². The molecule has 0 spiro atoms. The second-order valence-corrected chi connectivity index (χ2v) is 7.14. The zero-order chi connectivity index (χ0) is 21.3. The van der Waals surface area contributed by atoms with Crippen molar-refractivity contribution >= 4 is 29.9 Å². The number of hydrogen-bond acceptors (Lipinski definition) is 6. The van der Waals surface area contributed by atoms with Crippen LogP contribution in [0.1, 0.15) is 25.2 Å². The van der Waals surface area contributed by atoms with Gasteiger partial charge in [0.2, 0.25) is 0 Å². The number of ether oxygens (including phenoxy) is 2. The van der Waals surface area contributed by atoms with Gasteiger partial charge in [0.05, 0.1) is 14.2 Å². The highest BCUT2D eigenvalue weighted by Gasteiger charge is 2.21. The first kappa shape index (κ1) is 25.2. The molecule has 0 radical (unpaired) electrons. The molecule has 1 saturated heterocycles. The lowest BCUT2D eigenvalue weighted by Crippen LogP contribution is -2.52. The minimum Gasteiger partial charge on any atom is -0.497 e. The van der Waals surface area contributed by atoms with Crippen molar-refractivity contribution in [3.63, 3.8) is 0 Å². The van der Waals surface area contributed by atoms with Gasteiger partial charge in [0.1, 0.15) is 24.4 Å². The van der Waals surface area contributed by atoms with Gasteiger partial charge in [-0.3, -0.25) is 4.90 Å². The molecule has 172 valence electrons. The van der Waals surface area contributed by atoms with E-state index < -0.39 is 0 Å². The van der Waals surface area contributed by atoms with E-state index in [0.29, 0.717) is 6.54 Å². The van der Waals surface area contributed by atoms with Gasteiger partial charge in [-0.05, 0) is 32.0 Å². The third-order valence-electron chi connectivity index (χ3n) is 5.29. The molecule has 1 aliphatic heterocycles. The van der Waals surface area contributed by atoms with Crippen LogP contribution in [0.25, 0.3) is 0 Å². The molecule has 2 aromatic rings. The second-order valence-electron chi connectivity index (χ2n) is 7.14. The molecule has 1 aliphatic rings. The molecule has 2 heterocycles. The number of nitrogens with zero attached hydrogens (tertiary/aromatic N) is 6. The molecule has 1 fully saturated rings. The summed E-state index contributed by atoms with van der Waals surface area (Å²) in [5.74, 6) is 3.57. The number of hydrogen-bond donors (Lipinski definition) is 1. The topological polar surface area (TPSA) is 80.0 Å². The fraction of sp³-hybridized carbons (Fsp3) is 0.571. The summed E-state index contributed by atoms with van der Waals surface area (Å²) in [5, 5.41) is 11.6. The van der Waals surface area contributed by atoms with Crippen LogP contribution in [-0.4, -0.2) is 77.5 Å². The van der Waals surface area contributed by atoms with Crippen LogP contribution in [0.5, 0.6) is 11.5 Å². The van der Waals surface area contributed by atoms with Gasteiger partial charge in [-0.15, -0.1) is 34.2 Å². The summed E-state index contributed by atoms with van der Waals surface area (Å²) in [6, 6.07) is 5.95. The Balaban J connectivity index is 0.00000341. The molecule has 1 N–H and O–H groups in total. The Morgan fingerprint density at radius 3 is 2.55 bits per heavy atom. The van der Waals surface area contributed by atoms with E-state index in [1.807, 2.05) is 16.7 Å². The van der Waals surface area contributed by atoms with Crippen molar-refractivity contribution in [2.24, 2.45) is 4.99 Å². The fourth-order valence-electron chi connectivity index (χ4n) is 3.60. The number of benzene rings is 1. The number of guanidine groups is 1. The van der Waals surface area contributed by atoms with E-state index in [1.54, 1.807) is 20.5 Å². The number of methoxy groups -OCH3 is 2. The van der Waals surface area contributed by atoms with Crippen LogP contribution in [0, 0.1) is 0 Å². The van der Waals surface area contributed by atoms with Gasteiger partial charge in [0.15, 0.2) is 11.8 Å². The number of nitrogens with one attached hydrogen (secondary N) is 1. The number of rotatable bonds is 8. The third kappa shape index (κ3) is 6.70. The van der Waals surface area contributed by atoms with Crippen molar-refractivity contribution in [1.29, 1.82) is 0 Å². The molecule has 31 heavy (non-hydrogen) atoms. The average molecular weight is 543 g/mol. The molecule has 0 atom stereocenters. The molecular weight excluding hydrogens is 509 g/mol. The number of halogens is 1. The van der Waals surface area contributed by atoms with Crippen molar-refractivity contribution in [3.8, 4) is 11.5 Å². The quantitative estimate of drug-likeness (QED) is 0.311. The molecule has 0 amide bonds. The molecule has 1 aromatic carbocycles. The molecule has 1 aromatic heterocycles. The summed E-state index contributed by atoms with van der Waals surface area (Å²) < 4.78 is 12.9. The van der Waals surface area contributed by atoms with Gasteiger partial charge in [-0.1, -0.05) is 0 Å². The zero-order valence-electron chi connectivity index (χ0n) is 18.9. The number of aliphatic imine (C=N–C) groups is 1. The first-order valence-electron chi connectivity index (χ1n) is 10.5. The molecule has 0 bridgehead atoms. The first-order valence-corrected chi connectivity index (χ1v) is 10.5. The summed E-state index contributed by atoms with van der Waals surface area (Å²) in [5.41, 5.74) is 1.14. The summed E-state index contributed by atoms with van der Waals surface area (Å²) >= 11 is 0. The molecule has 10 heteroatoms. The number of aryl methyl sites for hydroxylation is 1. The van der Waals surface area contributed by atoms with E-state index >= 15 is 0 Å². The maximum Gasteiger partial charge on any atom is 0.194 e. The van der Waals surface area contributed by atoms with Gasteiger partial charge in [0.25, 0.3) is 0 Å². The van der Waals surface area contributed by atoms with E-state index in [2.05, 4.69) is 45.2 Å². The standard InChI is InChI=1S/C21H33N7O2.HI/c1-5-22-21(23-14-20-25-24-16-27(20)6-2)28-11-9-26(10-12-28)15-17-13-18(29-3)7-8-19(17)30-4;/h7-8,13,16H,5-6,9-12,14-15H2,1-4H3,(H,22,23);1H. The molecule has 9 nitrogen and oxygen atoms in total. The van der Waals surface area contributed by atoms with Crippen LogP contribution in [0.3, 0.4) is 0 Å². The predicted octanol–water partition coefficient (Wildman–Crippen LogP) is 2.22. The van der Waals surface area contributed by atoms with Crippen LogP contribution in [0.4, 0.5) is 0 Å². The highest BCUT2D eigenvalue weighted by molar-refractivity contribution is 14.0. The van der Waals surface area contributed by atoms with Crippen LogP contribution in [-0.2, 0) is 19.6 Å². The Hall–Kier alpha value is -2.08. The van der Waals surface area contributed by atoms with Crippen molar-refractivity contribution in [1.82, 2.24) is 29.9 Å². The van der Waals surface area contributed by atoms with Crippen LogP contribution >= 0.6 is 24.0 Å². The van der Waals surface area contributed by atoms with E-state index in [0.717, 1.165) is 74.7 Å². The Kier molecular flexibility index (Phi) is 10.3. The van der Waals surface area contributed by atoms with Crippen LogP contribution < -0.4 is 14.8 Å². The summed E-state index contributed by atoms with van der Waals surface area (Å²) in [6.45, 7) is 11.0. The van der Waals surface area contributed by atoms with Crippen molar-refractivity contribution in [3.05, 3.63) is 35.9 Å². The lowest BCUT2D eigenvalue weighted by molar-refractivity contribution is 0.171. The minimum atomic E-state index is 0. The highest BCUT2D eigenvalue weighted by Crippen LogP contribution is 2.25. The van der Waals surface area contributed by atoms with Gasteiger partial charge in [-0.25, -0.2) is 4.99 Å². The largest absolute Gasteiger partial charge is 0.497 e. The molecule has 0 saturated carbocycles. The third-order valence-corrected chi connectivity index (χ3v) is 5.29. The smallest absolute Gasteiger partial charge is 0.194 e. The number of piperazine rings is 1. The molecular formula is C21H34IN7O2. The second kappa shape index (κ2) is 12.7. The van der Waals surface area contributed by atoms with Gasteiger partial charge >= 0.3 is 0 Å². The monoisotopic (exact) mass is 543 g/mol. The SMILES string of the molecule is CCNC(=NCc1nncn1CC)N1CCN(Cc2cc(OC)ccc2OC)CC1.I. The van der Waals surface area contributed by atoms with E-state index in [-0.39, 0.29) is 24.0 Å². The van der Waals surface area contributed by atoms with E-state index in [9.17, 15) is 0 Å². The molecule has 0 unspecified atom stereocenters. The molecule has 0 aliphatic carbocycles. The Morgan fingerprint density at radius 2 is 1.90 bits per heavy atom. The lowest BCUT2D eigenvalue weighted by atomic mass is 10.1. The van der Waals surface area contributed by atoms with Gasteiger partial charge in [0, 0.05) is 51.4 Å². The summed E-state index contributed by atoms with van der Waals surface area (Å²) in [4.78, 5) is 9.55. The maximum atomic E-state index is 5.53. The lowest BCUT2D eigenvalue weighted by Gasteiger charge is -2.36.